The summed E-state index contributed by atoms with van der Waals surface area (Å²) < 4.78 is 5.49. The van der Waals surface area contributed by atoms with Crippen molar-refractivity contribution in [3.05, 3.63) is 29.8 Å². The van der Waals surface area contributed by atoms with E-state index in [1.807, 2.05) is 19.2 Å². The Morgan fingerprint density at radius 3 is 2.45 bits per heavy atom. The van der Waals surface area contributed by atoms with E-state index in [2.05, 4.69) is 43.1 Å². The summed E-state index contributed by atoms with van der Waals surface area (Å²) in [6.07, 6.45) is 1.23. The zero-order valence-corrected chi connectivity index (χ0v) is 13.6. The van der Waals surface area contributed by atoms with Gasteiger partial charge in [-0.2, -0.15) is 0 Å². The molecule has 1 aromatic rings. The van der Waals surface area contributed by atoms with Crippen LogP contribution in [-0.2, 0) is 0 Å². The lowest BCUT2D eigenvalue weighted by atomic mass is 10.0. The molecule has 3 heteroatoms. The predicted octanol–water partition coefficient (Wildman–Crippen LogP) is 3.32. The van der Waals surface area contributed by atoms with Crippen molar-refractivity contribution >= 4 is 0 Å². The molecular formula is C17H30N2O. The molecule has 2 atom stereocenters. The molecule has 0 heterocycles. The van der Waals surface area contributed by atoms with Gasteiger partial charge in [-0.05, 0) is 25.6 Å². The summed E-state index contributed by atoms with van der Waals surface area (Å²) in [5.41, 5.74) is 1.24. The Kier molecular flexibility index (Phi) is 7.63. The summed E-state index contributed by atoms with van der Waals surface area (Å²) >= 11 is 0. The number of nitrogens with one attached hydrogen (secondary N) is 1. The zero-order chi connectivity index (χ0) is 15.0. The number of rotatable bonds is 9. The largest absolute Gasteiger partial charge is 0.496 e. The second kappa shape index (κ2) is 8.98. The molecule has 1 N–H and O–H groups in total. The van der Waals surface area contributed by atoms with Crippen LogP contribution in [0, 0.1) is 5.92 Å². The number of benzene rings is 1. The highest BCUT2D eigenvalue weighted by Crippen LogP contribution is 2.25. The Hall–Kier alpha value is -1.06. The van der Waals surface area contributed by atoms with E-state index in [-0.39, 0.29) is 0 Å². The third-order valence-corrected chi connectivity index (χ3v) is 4.02. The van der Waals surface area contributed by atoms with E-state index >= 15 is 0 Å². The van der Waals surface area contributed by atoms with Gasteiger partial charge < -0.3 is 15.0 Å². The third kappa shape index (κ3) is 4.80. The lowest BCUT2D eigenvalue weighted by Crippen LogP contribution is -2.36. The lowest BCUT2D eigenvalue weighted by molar-refractivity contribution is 0.222. The minimum Gasteiger partial charge on any atom is -0.496 e. The Bertz CT molecular complexity index is 381. The first kappa shape index (κ1) is 17.0. The van der Waals surface area contributed by atoms with Gasteiger partial charge in [0.25, 0.3) is 0 Å². The molecule has 0 aliphatic rings. The zero-order valence-electron chi connectivity index (χ0n) is 13.6. The molecule has 0 aliphatic heterocycles. The van der Waals surface area contributed by atoms with E-state index in [1.165, 1.54) is 12.0 Å². The Labute approximate surface area is 124 Å². The molecule has 0 spiro atoms. The molecule has 0 radical (unpaired) electrons. The molecule has 1 aromatic carbocycles. The van der Waals surface area contributed by atoms with E-state index < -0.39 is 0 Å². The average Bonchev–Trinajstić information content (AvgIpc) is 2.51. The quantitative estimate of drug-likeness (QED) is 0.750. The summed E-state index contributed by atoms with van der Waals surface area (Å²) in [5.74, 6) is 1.71. The number of hydrogen-bond donors (Lipinski definition) is 1. The molecule has 20 heavy (non-hydrogen) atoms. The van der Waals surface area contributed by atoms with Gasteiger partial charge in [-0.15, -0.1) is 0 Å². The fraction of sp³-hybridized carbons (Fsp3) is 0.647. The van der Waals surface area contributed by atoms with Gasteiger partial charge in [-0.1, -0.05) is 45.4 Å². The minimum absolute atomic E-state index is 0.301. The van der Waals surface area contributed by atoms with Crippen molar-refractivity contribution in [2.75, 3.05) is 33.8 Å². The van der Waals surface area contributed by atoms with E-state index in [4.69, 9.17) is 4.74 Å². The Balaban J connectivity index is 2.79. The molecule has 0 fully saturated rings. The van der Waals surface area contributed by atoms with Crippen LogP contribution in [-0.4, -0.2) is 38.7 Å². The van der Waals surface area contributed by atoms with Gasteiger partial charge >= 0.3 is 0 Å². The van der Waals surface area contributed by atoms with Crippen molar-refractivity contribution in [2.45, 2.75) is 33.2 Å². The first-order chi connectivity index (χ1) is 9.65. The van der Waals surface area contributed by atoms with Crippen LogP contribution in [0.4, 0.5) is 0 Å². The topological polar surface area (TPSA) is 24.5 Å². The van der Waals surface area contributed by atoms with Crippen LogP contribution < -0.4 is 10.1 Å². The van der Waals surface area contributed by atoms with E-state index in [9.17, 15) is 0 Å². The van der Waals surface area contributed by atoms with Gasteiger partial charge in [0.15, 0.2) is 0 Å². The Morgan fingerprint density at radius 2 is 1.90 bits per heavy atom. The second-order valence-corrected chi connectivity index (χ2v) is 5.45. The predicted molar refractivity (Wildman–Crippen MR) is 86.4 cm³/mol. The van der Waals surface area contributed by atoms with Gasteiger partial charge in [0.1, 0.15) is 5.75 Å². The van der Waals surface area contributed by atoms with Gasteiger partial charge in [0.05, 0.1) is 7.11 Å². The maximum atomic E-state index is 5.49. The smallest absolute Gasteiger partial charge is 0.123 e. The number of hydrogen-bond acceptors (Lipinski definition) is 3. The van der Waals surface area contributed by atoms with Crippen LogP contribution in [0.3, 0.4) is 0 Å². The number of methoxy groups -OCH3 is 1. The van der Waals surface area contributed by atoms with Gasteiger partial charge in [0, 0.05) is 24.7 Å². The molecule has 1 rings (SSSR count). The number of likely N-dealkylation sites (N-methyl/N-ethyl adjacent to an activating group) is 2. The molecule has 0 saturated carbocycles. The van der Waals surface area contributed by atoms with Crippen LogP contribution >= 0.6 is 0 Å². The molecule has 114 valence electrons. The highest BCUT2D eigenvalue weighted by atomic mass is 16.5. The number of para-hydroxylation sites is 1. The molecule has 2 unspecified atom stereocenters. The molecule has 0 bridgehead atoms. The fourth-order valence-corrected chi connectivity index (χ4v) is 2.46. The van der Waals surface area contributed by atoms with Crippen molar-refractivity contribution in [1.82, 2.24) is 10.2 Å². The normalized spacial score (nSPS) is 14.3. The molecule has 0 amide bonds. The van der Waals surface area contributed by atoms with Crippen molar-refractivity contribution in [3.8, 4) is 5.75 Å². The van der Waals surface area contributed by atoms with Crippen molar-refractivity contribution in [3.63, 3.8) is 0 Å². The minimum atomic E-state index is 0.301. The lowest BCUT2D eigenvalue weighted by Gasteiger charge is -2.29. The fourth-order valence-electron chi connectivity index (χ4n) is 2.46. The summed E-state index contributed by atoms with van der Waals surface area (Å²) in [5, 5.41) is 3.43. The van der Waals surface area contributed by atoms with Crippen LogP contribution in [0.15, 0.2) is 24.3 Å². The van der Waals surface area contributed by atoms with Crippen molar-refractivity contribution in [1.29, 1.82) is 0 Å². The summed E-state index contributed by atoms with van der Waals surface area (Å²) in [6.45, 7) is 10.1. The highest BCUT2D eigenvalue weighted by Gasteiger charge is 2.18. The van der Waals surface area contributed by atoms with E-state index in [0.717, 1.165) is 31.3 Å². The first-order valence-corrected chi connectivity index (χ1v) is 7.68. The van der Waals surface area contributed by atoms with Crippen molar-refractivity contribution in [2.24, 2.45) is 5.92 Å². The van der Waals surface area contributed by atoms with Gasteiger partial charge in [0.2, 0.25) is 0 Å². The number of nitrogens with zero attached hydrogens (tertiary/aromatic N) is 1. The van der Waals surface area contributed by atoms with Crippen LogP contribution in [0.5, 0.6) is 5.75 Å². The molecule has 0 saturated heterocycles. The number of ether oxygens (including phenoxy) is 1. The van der Waals surface area contributed by atoms with Gasteiger partial charge in [-0.25, -0.2) is 0 Å². The third-order valence-electron chi connectivity index (χ3n) is 4.02. The Morgan fingerprint density at radius 1 is 1.20 bits per heavy atom. The second-order valence-electron chi connectivity index (χ2n) is 5.45. The maximum absolute atomic E-state index is 5.49. The standard InChI is InChI=1S/C17H30N2O/c1-6-14(3)12-19(7-2)13-16(18-4)15-10-8-9-11-17(15)20-5/h8-11,14,16,18H,6-7,12-13H2,1-5H3. The molecular weight excluding hydrogens is 248 g/mol. The molecule has 0 aromatic heterocycles. The maximum Gasteiger partial charge on any atom is 0.123 e. The highest BCUT2D eigenvalue weighted by molar-refractivity contribution is 5.36. The van der Waals surface area contributed by atoms with E-state index in [1.54, 1.807) is 7.11 Å². The monoisotopic (exact) mass is 278 g/mol. The first-order valence-electron chi connectivity index (χ1n) is 7.68. The summed E-state index contributed by atoms with van der Waals surface area (Å²) in [6, 6.07) is 8.58. The summed E-state index contributed by atoms with van der Waals surface area (Å²) in [7, 11) is 3.76. The van der Waals surface area contributed by atoms with Crippen LogP contribution in [0.25, 0.3) is 0 Å². The van der Waals surface area contributed by atoms with Crippen LogP contribution in [0.2, 0.25) is 0 Å². The van der Waals surface area contributed by atoms with Crippen LogP contribution in [0.1, 0.15) is 38.8 Å². The summed E-state index contributed by atoms with van der Waals surface area (Å²) in [4.78, 5) is 2.52. The molecule has 0 aliphatic carbocycles. The SMILES string of the molecule is CCC(C)CN(CC)CC(NC)c1ccccc1OC. The van der Waals surface area contributed by atoms with Gasteiger partial charge in [-0.3, -0.25) is 0 Å². The van der Waals surface area contributed by atoms with Crippen molar-refractivity contribution < 1.29 is 4.74 Å². The average molecular weight is 278 g/mol. The molecule has 3 nitrogen and oxygen atoms in total. The van der Waals surface area contributed by atoms with E-state index in [0.29, 0.717) is 6.04 Å².